The summed E-state index contributed by atoms with van der Waals surface area (Å²) in [4.78, 5) is 28.2. The van der Waals surface area contributed by atoms with E-state index in [1.54, 1.807) is 0 Å². The molecule has 0 aromatic heterocycles. The first-order chi connectivity index (χ1) is 10.9. The lowest BCUT2D eigenvalue weighted by Gasteiger charge is -2.35. The summed E-state index contributed by atoms with van der Waals surface area (Å²) in [6, 6.07) is 6.05. The molecular formula is C18H27N3O2. The number of aryl methyl sites for hydroxylation is 2. The summed E-state index contributed by atoms with van der Waals surface area (Å²) in [5.41, 5.74) is 3.08. The Morgan fingerprint density at radius 1 is 1.13 bits per heavy atom. The molecule has 0 bridgehead atoms. The number of carbonyl (C=O) groups excluding carboxylic acids is 2. The molecule has 2 amide bonds. The van der Waals surface area contributed by atoms with Crippen molar-refractivity contribution >= 4 is 17.5 Å². The highest BCUT2D eigenvalue weighted by Crippen LogP contribution is 2.16. The predicted octanol–water partition coefficient (Wildman–Crippen LogP) is 2.04. The number of nitrogens with one attached hydrogen (secondary N) is 1. The van der Waals surface area contributed by atoms with Gasteiger partial charge < -0.3 is 10.2 Å². The van der Waals surface area contributed by atoms with Crippen LogP contribution in [0.4, 0.5) is 5.69 Å². The molecule has 5 heteroatoms. The van der Waals surface area contributed by atoms with Gasteiger partial charge in [-0.05, 0) is 31.0 Å². The quantitative estimate of drug-likeness (QED) is 0.924. The predicted molar refractivity (Wildman–Crippen MR) is 92.4 cm³/mol. The molecule has 1 fully saturated rings. The summed E-state index contributed by atoms with van der Waals surface area (Å²) in [5.74, 6) is 0.237. The highest BCUT2D eigenvalue weighted by molar-refractivity contribution is 5.93. The van der Waals surface area contributed by atoms with Gasteiger partial charge in [0.2, 0.25) is 11.8 Å². The molecule has 1 aliphatic rings. The first kappa shape index (κ1) is 17.5. The summed E-state index contributed by atoms with van der Waals surface area (Å²) in [6.07, 6.45) is 0. The topological polar surface area (TPSA) is 52.7 Å². The number of rotatable bonds is 4. The maximum atomic E-state index is 12.2. The molecule has 1 aliphatic heterocycles. The zero-order valence-electron chi connectivity index (χ0n) is 14.6. The van der Waals surface area contributed by atoms with Gasteiger partial charge in [0.25, 0.3) is 0 Å². The maximum Gasteiger partial charge on any atom is 0.238 e. The third-order valence-corrected chi connectivity index (χ3v) is 4.21. The molecule has 5 nitrogen and oxygen atoms in total. The van der Waals surface area contributed by atoms with E-state index in [0.717, 1.165) is 29.9 Å². The van der Waals surface area contributed by atoms with Crippen LogP contribution in [0, 0.1) is 19.8 Å². The number of piperazine rings is 1. The lowest BCUT2D eigenvalue weighted by atomic mass is 10.1. The molecule has 23 heavy (non-hydrogen) atoms. The normalized spacial score (nSPS) is 15.8. The van der Waals surface area contributed by atoms with Crippen LogP contribution in [0.1, 0.15) is 25.0 Å². The van der Waals surface area contributed by atoms with Gasteiger partial charge in [-0.3, -0.25) is 14.5 Å². The van der Waals surface area contributed by atoms with Crippen molar-refractivity contribution in [3.05, 3.63) is 29.3 Å². The number of hydrogen-bond donors (Lipinski definition) is 1. The number of anilines is 1. The number of benzene rings is 1. The Hall–Kier alpha value is -1.88. The van der Waals surface area contributed by atoms with Crippen molar-refractivity contribution in [2.24, 2.45) is 5.92 Å². The van der Waals surface area contributed by atoms with Crippen LogP contribution in [0.2, 0.25) is 0 Å². The average molecular weight is 317 g/mol. The molecule has 1 heterocycles. The second-order valence-electron chi connectivity index (χ2n) is 6.62. The van der Waals surface area contributed by atoms with Gasteiger partial charge in [0.15, 0.2) is 0 Å². The van der Waals surface area contributed by atoms with Crippen molar-refractivity contribution in [3.63, 3.8) is 0 Å². The van der Waals surface area contributed by atoms with Gasteiger partial charge >= 0.3 is 0 Å². The van der Waals surface area contributed by atoms with Crippen molar-refractivity contribution < 1.29 is 9.59 Å². The lowest BCUT2D eigenvalue weighted by Crippen LogP contribution is -2.51. The smallest absolute Gasteiger partial charge is 0.238 e. The molecule has 1 aromatic rings. The van der Waals surface area contributed by atoms with Gasteiger partial charge in [0.1, 0.15) is 0 Å². The number of nitrogens with zero attached hydrogens (tertiary/aromatic N) is 2. The monoisotopic (exact) mass is 317 g/mol. The van der Waals surface area contributed by atoms with Crippen LogP contribution in [0.3, 0.4) is 0 Å². The number of hydrogen-bond acceptors (Lipinski definition) is 3. The SMILES string of the molecule is Cc1ccc(C)c(NC(=O)CN2CCN(C(=O)C(C)C)CC2)c1. The van der Waals surface area contributed by atoms with Crippen molar-refractivity contribution in [2.75, 3.05) is 38.0 Å². The van der Waals surface area contributed by atoms with E-state index in [4.69, 9.17) is 0 Å². The van der Waals surface area contributed by atoms with Crippen LogP contribution in [-0.4, -0.2) is 54.3 Å². The van der Waals surface area contributed by atoms with E-state index in [-0.39, 0.29) is 17.7 Å². The van der Waals surface area contributed by atoms with Crippen LogP contribution < -0.4 is 5.32 Å². The summed E-state index contributed by atoms with van der Waals surface area (Å²) in [6.45, 7) is 11.1. The molecule has 126 valence electrons. The van der Waals surface area contributed by atoms with Crippen LogP contribution in [-0.2, 0) is 9.59 Å². The maximum absolute atomic E-state index is 12.2. The second kappa shape index (κ2) is 7.59. The summed E-state index contributed by atoms with van der Waals surface area (Å²) >= 11 is 0. The molecule has 1 aromatic carbocycles. The second-order valence-corrected chi connectivity index (χ2v) is 6.62. The van der Waals surface area contributed by atoms with E-state index in [9.17, 15) is 9.59 Å². The van der Waals surface area contributed by atoms with Crippen LogP contribution in [0.25, 0.3) is 0 Å². The van der Waals surface area contributed by atoms with Gasteiger partial charge in [-0.1, -0.05) is 26.0 Å². The standard InChI is InChI=1S/C18H27N3O2/c1-13(2)18(23)21-9-7-20(8-10-21)12-17(22)19-16-11-14(3)5-6-15(16)4/h5-6,11,13H,7-10,12H2,1-4H3,(H,19,22). The third kappa shape index (κ3) is 4.79. The fourth-order valence-electron chi connectivity index (χ4n) is 2.75. The fourth-order valence-corrected chi connectivity index (χ4v) is 2.75. The van der Waals surface area contributed by atoms with E-state index in [2.05, 4.69) is 10.2 Å². The molecule has 0 atom stereocenters. The molecule has 0 aliphatic carbocycles. The minimum Gasteiger partial charge on any atom is -0.340 e. The van der Waals surface area contributed by atoms with Gasteiger partial charge in [-0.15, -0.1) is 0 Å². The highest BCUT2D eigenvalue weighted by atomic mass is 16.2. The number of carbonyl (C=O) groups is 2. The molecule has 0 spiro atoms. The van der Waals surface area contributed by atoms with Crippen LogP contribution in [0.15, 0.2) is 18.2 Å². The Kier molecular flexibility index (Phi) is 5.77. The van der Waals surface area contributed by atoms with E-state index < -0.39 is 0 Å². The summed E-state index contributed by atoms with van der Waals surface area (Å²) in [7, 11) is 0. The van der Waals surface area contributed by atoms with Gasteiger partial charge in [0, 0.05) is 37.8 Å². The molecule has 1 N–H and O–H groups in total. The lowest BCUT2D eigenvalue weighted by molar-refractivity contribution is -0.136. The Labute approximate surface area is 138 Å². The Morgan fingerprint density at radius 3 is 2.39 bits per heavy atom. The zero-order chi connectivity index (χ0) is 17.0. The molecule has 0 unspecified atom stereocenters. The summed E-state index contributed by atoms with van der Waals surface area (Å²) < 4.78 is 0. The largest absolute Gasteiger partial charge is 0.340 e. The Balaban J connectivity index is 1.83. The van der Waals surface area contributed by atoms with Gasteiger partial charge in [0.05, 0.1) is 6.54 Å². The third-order valence-electron chi connectivity index (χ3n) is 4.21. The van der Waals surface area contributed by atoms with Gasteiger partial charge in [-0.2, -0.15) is 0 Å². The first-order valence-electron chi connectivity index (χ1n) is 8.25. The zero-order valence-corrected chi connectivity index (χ0v) is 14.6. The molecule has 2 rings (SSSR count). The van der Waals surface area contributed by atoms with Crippen molar-refractivity contribution in [1.82, 2.24) is 9.80 Å². The van der Waals surface area contributed by atoms with Crippen molar-refractivity contribution in [2.45, 2.75) is 27.7 Å². The van der Waals surface area contributed by atoms with E-state index in [1.165, 1.54) is 0 Å². The Morgan fingerprint density at radius 2 is 1.78 bits per heavy atom. The molecule has 0 radical (unpaired) electrons. The van der Waals surface area contributed by atoms with Crippen molar-refractivity contribution in [1.29, 1.82) is 0 Å². The minimum absolute atomic E-state index is 0.00216. The Bertz CT molecular complexity index is 576. The average Bonchev–Trinajstić information content (AvgIpc) is 2.51. The van der Waals surface area contributed by atoms with E-state index >= 15 is 0 Å². The van der Waals surface area contributed by atoms with Gasteiger partial charge in [-0.25, -0.2) is 0 Å². The molecular weight excluding hydrogens is 290 g/mol. The first-order valence-corrected chi connectivity index (χ1v) is 8.25. The highest BCUT2D eigenvalue weighted by Gasteiger charge is 2.23. The van der Waals surface area contributed by atoms with Crippen LogP contribution >= 0.6 is 0 Å². The molecule has 0 saturated carbocycles. The van der Waals surface area contributed by atoms with E-state index in [1.807, 2.05) is 50.8 Å². The fraction of sp³-hybridized carbons (Fsp3) is 0.556. The summed E-state index contributed by atoms with van der Waals surface area (Å²) in [5, 5.41) is 2.99. The number of amides is 2. The minimum atomic E-state index is 0.00216. The molecule has 1 saturated heterocycles. The van der Waals surface area contributed by atoms with E-state index in [0.29, 0.717) is 19.6 Å². The van der Waals surface area contributed by atoms with Crippen LogP contribution in [0.5, 0.6) is 0 Å². The van der Waals surface area contributed by atoms with Crippen molar-refractivity contribution in [3.8, 4) is 0 Å².